The molecule has 1 aliphatic rings. The number of aromatic nitrogens is 1. The smallest absolute Gasteiger partial charge is 0.277 e. The van der Waals surface area contributed by atoms with Gasteiger partial charge in [0.25, 0.3) is 5.91 Å². The number of hydrogen-bond acceptors (Lipinski definition) is 7. The zero-order valence-corrected chi connectivity index (χ0v) is 20.2. The fraction of sp³-hybridized carbons (Fsp3) is 0.304. The van der Waals surface area contributed by atoms with Crippen molar-refractivity contribution in [2.45, 2.75) is 36.0 Å². The van der Waals surface area contributed by atoms with Crippen LogP contribution in [0, 0.1) is 0 Å². The van der Waals surface area contributed by atoms with E-state index in [-0.39, 0.29) is 21.2 Å². The first-order valence-corrected chi connectivity index (χ1v) is 14.0. The molecule has 11 heteroatoms. The Labute approximate surface area is 198 Å². The van der Waals surface area contributed by atoms with E-state index >= 15 is 0 Å². The van der Waals surface area contributed by atoms with Gasteiger partial charge in [-0.25, -0.2) is 16.8 Å². The number of carbonyl (C=O) groups excluding carboxylic acids is 1. The summed E-state index contributed by atoms with van der Waals surface area (Å²) in [6, 6.07) is 13.6. The topological polar surface area (TPSA) is 127 Å². The van der Waals surface area contributed by atoms with Gasteiger partial charge < -0.3 is 9.84 Å². The Bertz CT molecular complexity index is 1370. The van der Waals surface area contributed by atoms with E-state index in [1.807, 2.05) is 0 Å². The summed E-state index contributed by atoms with van der Waals surface area (Å²) in [5, 5.41) is 6.45. The van der Waals surface area contributed by atoms with Gasteiger partial charge in [0.15, 0.2) is 21.3 Å². The van der Waals surface area contributed by atoms with Crippen molar-refractivity contribution in [1.29, 1.82) is 0 Å². The van der Waals surface area contributed by atoms with E-state index in [0.29, 0.717) is 30.1 Å². The molecule has 0 radical (unpaired) electrons. The highest BCUT2D eigenvalue weighted by Crippen LogP contribution is 2.24. The van der Waals surface area contributed by atoms with Crippen molar-refractivity contribution in [3.63, 3.8) is 0 Å². The molecule has 180 valence electrons. The van der Waals surface area contributed by atoms with Gasteiger partial charge in [0.2, 0.25) is 10.0 Å². The quantitative estimate of drug-likeness (QED) is 0.522. The second-order valence-corrected chi connectivity index (χ2v) is 12.2. The molecule has 1 amide bonds. The van der Waals surface area contributed by atoms with Crippen LogP contribution in [0.15, 0.2) is 68.9 Å². The Balaban J connectivity index is 1.44. The molecule has 0 saturated carbocycles. The van der Waals surface area contributed by atoms with Crippen molar-refractivity contribution >= 4 is 31.5 Å². The standard InChI is InChI=1S/C23H25N3O6S2/c1-2-33(28,29)19-10-6-17(7-11-19)22-16-21(25-32-22)23(27)24-18-8-12-20(13-9-18)34(30,31)26-14-4-3-5-15-26/h6-13,16H,2-5,14-15H2,1H3,(H,24,27). The second kappa shape index (κ2) is 9.69. The number of hydrogen-bond donors (Lipinski definition) is 1. The molecule has 1 aromatic heterocycles. The lowest BCUT2D eigenvalue weighted by Crippen LogP contribution is -2.35. The molecule has 1 saturated heterocycles. The van der Waals surface area contributed by atoms with Crippen molar-refractivity contribution in [2.75, 3.05) is 24.2 Å². The first-order valence-electron chi connectivity index (χ1n) is 10.9. The van der Waals surface area contributed by atoms with Gasteiger partial charge in [0.05, 0.1) is 15.5 Å². The van der Waals surface area contributed by atoms with Crippen molar-refractivity contribution in [1.82, 2.24) is 9.46 Å². The number of nitrogens with one attached hydrogen (secondary N) is 1. The average molecular weight is 504 g/mol. The van der Waals surface area contributed by atoms with E-state index in [1.165, 1.54) is 46.8 Å². The van der Waals surface area contributed by atoms with Gasteiger partial charge in [-0.3, -0.25) is 4.79 Å². The van der Waals surface area contributed by atoms with Crippen LogP contribution < -0.4 is 5.32 Å². The number of amides is 1. The second-order valence-electron chi connectivity index (χ2n) is 7.95. The molecule has 2 aromatic carbocycles. The summed E-state index contributed by atoms with van der Waals surface area (Å²) in [5.41, 5.74) is 1.03. The predicted molar refractivity (Wildman–Crippen MR) is 127 cm³/mol. The normalized spacial score (nSPS) is 15.2. The highest BCUT2D eigenvalue weighted by molar-refractivity contribution is 7.91. The van der Waals surface area contributed by atoms with Crippen LogP contribution in [-0.4, -0.2) is 51.0 Å². The van der Waals surface area contributed by atoms with Gasteiger partial charge in [-0.2, -0.15) is 4.31 Å². The highest BCUT2D eigenvalue weighted by atomic mass is 32.2. The van der Waals surface area contributed by atoms with Gasteiger partial charge in [-0.1, -0.05) is 18.5 Å². The minimum atomic E-state index is -3.55. The van der Waals surface area contributed by atoms with Crippen molar-refractivity contribution in [2.24, 2.45) is 0 Å². The molecule has 1 N–H and O–H groups in total. The van der Waals surface area contributed by atoms with Crippen LogP contribution in [-0.2, 0) is 19.9 Å². The molecular weight excluding hydrogens is 478 g/mol. The van der Waals surface area contributed by atoms with E-state index in [2.05, 4.69) is 10.5 Å². The van der Waals surface area contributed by atoms with Gasteiger partial charge in [-0.05, 0) is 61.4 Å². The fourth-order valence-corrected chi connectivity index (χ4v) is 6.07. The number of anilines is 1. The molecule has 1 fully saturated rings. The van der Waals surface area contributed by atoms with Crippen LogP contribution in [0.4, 0.5) is 5.69 Å². The third kappa shape index (κ3) is 5.06. The number of sulfone groups is 1. The first-order chi connectivity index (χ1) is 16.2. The van der Waals surface area contributed by atoms with Crippen LogP contribution in [0.5, 0.6) is 0 Å². The van der Waals surface area contributed by atoms with Crippen LogP contribution in [0.25, 0.3) is 11.3 Å². The Morgan fingerprint density at radius 1 is 0.941 bits per heavy atom. The summed E-state index contributed by atoms with van der Waals surface area (Å²) >= 11 is 0. The predicted octanol–water partition coefficient (Wildman–Crippen LogP) is 3.56. The maximum atomic E-state index is 12.8. The lowest BCUT2D eigenvalue weighted by Gasteiger charge is -2.25. The number of sulfonamides is 1. The Morgan fingerprint density at radius 2 is 1.56 bits per heavy atom. The van der Waals surface area contributed by atoms with Crippen molar-refractivity contribution < 1.29 is 26.2 Å². The first kappa shape index (κ1) is 24.1. The van der Waals surface area contributed by atoms with E-state index in [1.54, 1.807) is 19.1 Å². The fourth-order valence-electron chi connectivity index (χ4n) is 3.67. The zero-order chi connectivity index (χ0) is 24.3. The summed E-state index contributed by atoms with van der Waals surface area (Å²) in [7, 11) is -6.85. The van der Waals surface area contributed by atoms with E-state index in [0.717, 1.165) is 19.3 Å². The van der Waals surface area contributed by atoms with Crippen LogP contribution >= 0.6 is 0 Å². The Hall–Kier alpha value is -3.02. The van der Waals surface area contributed by atoms with Gasteiger partial charge >= 0.3 is 0 Å². The molecule has 0 unspecified atom stereocenters. The average Bonchev–Trinajstić information content (AvgIpc) is 3.36. The summed E-state index contributed by atoms with van der Waals surface area (Å²) in [6.07, 6.45) is 2.75. The molecule has 4 rings (SSSR count). The summed E-state index contributed by atoms with van der Waals surface area (Å²) < 4.78 is 56.1. The van der Waals surface area contributed by atoms with Crippen LogP contribution in [0.3, 0.4) is 0 Å². The summed E-state index contributed by atoms with van der Waals surface area (Å²) in [5.74, 6) is -0.204. The molecule has 1 aliphatic heterocycles. The number of nitrogens with zero attached hydrogens (tertiary/aromatic N) is 2. The molecule has 3 aromatic rings. The lowest BCUT2D eigenvalue weighted by atomic mass is 10.1. The molecule has 34 heavy (non-hydrogen) atoms. The monoisotopic (exact) mass is 503 g/mol. The molecule has 0 spiro atoms. The Kier molecular flexibility index (Phi) is 6.87. The van der Waals surface area contributed by atoms with Crippen LogP contribution in [0.1, 0.15) is 36.7 Å². The van der Waals surface area contributed by atoms with E-state index in [9.17, 15) is 21.6 Å². The lowest BCUT2D eigenvalue weighted by molar-refractivity contribution is 0.101. The molecule has 9 nitrogen and oxygen atoms in total. The summed E-state index contributed by atoms with van der Waals surface area (Å²) in [4.78, 5) is 13.0. The number of piperidine rings is 1. The van der Waals surface area contributed by atoms with Gasteiger partial charge in [0.1, 0.15) is 0 Å². The van der Waals surface area contributed by atoms with Crippen molar-refractivity contribution in [3.05, 3.63) is 60.3 Å². The third-order valence-electron chi connectivity index (χ3n) is 5.69. The number of rotatable bonds is 7. The highest BCUT2D eigenvalue weighted by Gasteiger charge is 2.26. The maximum Gasteiger partial charge on any atom is 0.277 e. The minimum absolute atomic E-state index is 0.00411. The van der Waals surface area contributed by atoms with Crippen molar-refractivity contribution in [3.8, 4) is 11.3 Å². The molecule has 0 bridgehead atoms. The third-order valence-corrected chi connectivity index (χ3v) is 9.35. The zero-order valence-electron chi connectivity index (χ0n) is 18.6. The number of benzene rings is 2. The van der Waals surface area contributed by atoms with E-state index in [4.69, 9.17) is 4.52 Å². The molecule has 2 heterocycles. The largest absolute Gasteiger partial charge is 0.355 e. The molecule has 0 aliphatic carbocycles. The van der Waals surface area contributed by atoms with Gasteiger partial charge in [0, 0.05) is 30.4 Å². The molecular formula is C23H25N3O6S2. The number of carbonyl (C=O) groups is 1. The Morgan fingerprint density at radius 3 is 2.18 bits per heavy atom. The van der Waals surface area contributed by atoms with Crippen LogP contribution in [0.2, 0.25) is 0 Å². The minimum Gasteiger partial charge on any atom is -0.355 e. The van der Waals surface area contributed by atoms with Gasteiger partial charge in [-0.15, -0.1) is 0 Å². The maximum absolute atomic E-state index is 12.8. The molecule has 0 atom stereocenters. The SMILES string of the molecule is CCS(=O)(=O)c1ccc(-c2cc(C(=O)Nc3ccc(S(=O)(=O)N4CCCCC4)cc3)no2)cc1. The van der Waals surface area contributed by atoms with E-state index < -0.39 is 25.8 Å². The summed E-state index contributed by atoms with van der Waals surface area (Å²) in [6.45, 7) is 2.62.